The van der Waals surface area contributed by atoms with Gasteiger partial charge in [-0.25, -0.2) is 4.68 Å². The summed E-state index contributed by atoms with van der Waals surface area (Å²) in [6.07, 6.45) is 1.03. The van der Waals surface area contributed by atoms with Crippen LogP contribution in [-0.2, 0) is 6.54 Å². The minimum atomic E-state index is 0.299. The maximum absolute atomic E-state index is 9.32. The molecule has 2 atom stereocenters. The lowest BCUT2D eigenvalue weighted by atomic mass is 9.86. The van der Waals surface area contributed by atoms with Crippen LogP contribution in [0.3, 0.4) is 0 Å². The Bertz CT molecular complexity index is 561. The molecule has 2 unspecified atom stereocenters. The van der Waals surface area contributed by atoms with E-state index in [-0.39, 0.29) is 0 Å². The maximum Gasteiger partial charge on any atom is 0.239 e. The van der Waals surface area contributed by atoms with Gasteiger partial charge in [0.15, 0.2) is 0 Å². The molecule has 0 aliphatic carbocycles. The molecule has 1 aromatic carbocycles. The first kappa shape index (κ1) is 11.1. The Morgan fingerprint density at radius 1 is 1.33 bits per heavy atom. The third-order valence-electron chi connectivity index (χ3n) is 3.55. The molecule has 0 saturated heterocycles. The first-order valence-corrected chi connectivity index (χ1v) is 6.12. The molecule has 5 heteroatoms. The molecule has 0 fully saturated rings. The smallest absolute Gasteiger partial charge is 0.239 e. The number of anilines is 1. The normalized spacial score (nSPS) is 22.7. The van der Waals surface area contributed by atoms with Crippen LogP contribution in [0.5, 0.6) is 5.75 Å². The van der Waals surface area contributed by atoms with Gasteiger partial charge in [0.2, 0.25) is 5.95 Å². The van der Waals surface area contributed by atoms with E-state index in [9.17, 15) is 5.11 Å². The molecule has 2 heterocycles. The number of aromatic nitrogens is 3. The number of hydrogen-bond acceptors (Lipinski definition) is 4. The van der Waals surface area contributed by atoms with Crippen LogP contribution >= 0.6 is 0 Å². The predicted octanol–water partition coefficient (Wildman–Crippen LogP) is 1.86. The van der Waals surface area contributed by atoms with Gasteiger partial charge >= 0.3 is 0 Å². The van der Waals surface area contributed by atoms with Gasteiger partial charge in [0.1, 0.15) is 11.6 Å². The van der Waals surface area contributed by atoms with E-state index in [1.54, 1.807) is 12.1 Å². The Morgan fingerprint density at radius 2 is 2.06 bits per heavy atom. The van der Waals surface area contributed by atoms with Crippen LogP contribution in [0.4, 0.5) is 5.95 Å². The highest BCUT2D eigenvalue weighted by atomic mass is 16.3. The predicted molar refractivity (Wildman–Crippen MR) is 68.3 cm³/mol. The fraction of sp³-hybridized carbons (Fsp3) is 0.385. The van der Waals surface area contributed by atoms with Gasteiger partial charge in [0.05, 0.1) is 0 Å². The molecule has 0 radical (unpaired) electrons. The second kappa shape index (κ2) is 4.01. The van der Waals surface area contributed by atoms with E-state index < -0.39 is 0 Å². The number of benzene rings is 1. The van der Waals surface area contributed by atoms with Crippen molar-refractivity contribution in [2.45, 2.75) is 31.7 Å². The first-order chi connectivity index (χ1) is 8.63. The molecule has 3 N–H and O–H groups in total. The van der Waals surface area contributed by atoms with E-state index in [0.29, 0.717) is 23.5 Å². The second-order valence-corrected chi connectivity index (χ2v) is 4.94. The number of phenols is 1. The van der Waals surface area contributed by atoms with Gasteiger partial charge < -0.3 is 10.8 Å². The van der Waals surface area contributed by atoms with Crippen molar-refractivity contribution in [3.8, 4) is 5.75 Å². The number of hydrogen-bond donors (Lipinski definition) is 2. The highest BCUT2D eigenvalue weighted by Gasteiger charge is 2.27. The van der Waals surface area contributed by atoms with Crippen LogP contribution < -0.4 is 5.73 Å². The second-order valence-electron chi connectivity index (χ2n) is 4.94. The lowest BCUT2D eigenvalue weighted by Crippen LogP contribution is -2.22. The van der Waals surface area contributed by atoms with Crippen LogP contribution in [0.2, 0.25) is 0 Å². The molecular formula is C13H16N4O. The molecule has 0 saturated carbocycles. The number of fused-ring (bicyclic) bond motifs is 1. The molecule has 5 nitrogen and oxygen atoms in total. The minimum absolute atomic E-state index is 0.299. The van der Waals surface area contributed by atoms with Gasteiger partial charge in [-0.1, -0.05) is 19.1 Å². The molecule has 2 aromatic rings. The van der Waals surface area contributed by atoms with Crippen molar-refractivity contribution < 1.29 is 5.11 Å². The van der Waals surface area contributed by atoms with Crippen LogP contribution in [0, 0.1) is 0 Å². The molecule has 0 spiro atoms. The lowest BCUT2D eigenvalue weighted by molar-refractivity contribution is 0.382. The third kappa shape index (κ3) is 1.81. The highest BCUT2D eigenvalue weighted by molar-refractivity contribution is 5.29. The summed E-state index contributed by atoms with van der Waals surface area (Å²) in [5.41, 5.74) is 6.87. The van der Waals surface area contributed by atoms with Crippen molar-refractivity contribution >= 4 is 5.95 Å². The standard InChI is InChI=1S/C13H16N4O/c1-8-6-10(9-2-4-11(18)5-3-9)7-17-12(8)15-13(14)16-17/h2-5,8,10,18H,6-7H2,1H3,(H2,14,16). The zero-order valence-electron chi connectivity index (χ0n) is 10.2. The quantitative estimate of drug-likeness (QED) is 0.802. The molecule has 1 aliphatic heterocycles. The molecular weight excluding hydrogens is 228 g/mol. The van der Waals surface area contributed by atoms with Crippen LogP contribution in [0.1, 0.15) is 36.6 Å². The summed E-state index contributed by atoms with van der Waals surface area (Å²) in [6, 6.07) is 7.40. The first-order valence-electron chi connectivity index (χ1n) is 6.12. The largest absolute Gasteiger partial charge is 0.508 e. The number of rotatable bonds is 1. The Labute approximate surface area is 105 Å². The van der Waals surface area contributed by atoms with Gasteiger partial charge in [-0.15, -0.1) is 5.10 Å². The van der Waals surface area contributed by atoms with Crippen LogP contribution in [0.25, 0.3) is 0 Å². The van der Waals surface area contributed by atoms with Gasteiger partial charge in [-0.2, -0.15) is 4.98 Å². The van der Waals surface area contributed by atoms with Crippen molar-refractivity contribution in [2.75, 3.05) is 5.73 Å². The van der Waals surface area contributed by atoms with Gasteiger partial charge in [0, 0.05) is 18.4 Å². The Balaban J connectivity index is 1.91. The van der Waals surface area contributed by atoms with Crippen molar-refractivity contribution in [2.24, 2.45) is 0 Å². The molecule has 1 aromatic heterocycles. The van der Waals surface area contributed by atoms with E-state index in [1.807, 2.05) is 16.8 Å². The topological polar surface area (TPSA) is 77.0 Å². The summed E-state index contributed by atoms with van der Waals surface area (Å²) in [5, 5.41) is 13.6. The number of aromatic hydroxyl groups is 1. The number of phenolic OH excluding ortho intramolecular Hbond substituents is 1. The van der Waals surface area contributed by atoms with Crippen molar-refractivity contribution in [1.29, 1.82) is 0 Å². The molecule has 94 valence electrons. The minimum Gasteiger partial charge on any atom is -0.508 e. The van der Waals surface area contributed by atoms with Crippen LogP contribution in [-0.4, -0.2) is 19.9 Å². The summed E-state index contributed by atoms with van der Waals surface area (Å²) < 4.78 is 1.90. The number of nitrogens with two attached hydrogens (primary N) is 1. The van der Waals surface area contributed by atoms with Crippen molar-refractivity contribution in [1.82, 2.24) is 14.8 Å². The van der Waals surface area contributed by atoms with E-state index in [1.165, 1.54) is 5.56 Å². The molecule has 18 heavy (non-hydrogen) atoms. The zero-order valence-corrected chi connectivity index (χ0v) is 10.2. The fourth-order valence-corrected chi connectivity index (χ4v) is 2.67. The van der Waals surface area contributed by atoms with Crippen molar-refractivity contribution in [3.05, 3.63) is 35.7 Å². The SMILES string of the molecule is CC1CC(c2ccc(O)cc2)Cn2nc(N)nc21. The lowest BCUT2D eigenvalue weighted by Gasteiger charge is -2.27. The zero-order chi connectivity index (χ0) is 12.7. The van der Waals surface area contributed by atoms with E-state index in [4.69, 9.17) is 5.73 Å². The van der Waals surface area contributed by atoms with Crippen molar-refractivity contribution in [3.63, 3.8) is 0 Å². The van der Waals surface area contributed by atoms with Crippen LogP contribution in [0.15, 0.2) is 24.3 Å². The van der Waals surface area contributed by atoms with Gasteiger partial charge in [0.25, 0.3) is 0 Å². The average molecular weight is 244 g/mol. The number of nitrogens with zero attached hydrogens (tertiary/aromatic N) is 3. The summed E-state index contributed by atoms with van der Waals surface area (Å²) >= 11 is 0. The highest BCUT2D eigenvalue weighted by Crippen LogP contribution is 2.35. The van der Waals surface area contributed by atoms with E-state index in [2.05, 4.69) is 17.0 Å². The number of nitrogen functional groups attached to an aromatic ring is 1. The third-order valence-corrected chi connectivity index (χ3v) is 3.55. The summed E-state index contributed by atoms with van der Waals surface area (Å²) in [5.74, 6) is 2.37. The molecule has 0 bridgehead atoms. The Morgan fingerprint density at radius 3 is 2.78 bits per heavy atom. The fourth-order valence-electron chi connectivity index (χ4n) is 2.67. The Kier molecular flexibility index (Phi) is 2.47. The molecule has 3 rings (SSSR count). The molecule has 0 amide bonds. The van der Waals surface area contributed by atoms with Gasteiger partial charge in [-0.05, 0) is 24.1 Å². The summed E-state index contributed by atoms with van der Waals surface area (Å²) in [6.45, 7) is 2.95. The summed E-state index contributed by atoms with van der Waals surface area (Å²) in [4.78, 5) is 4.26. The van der Waals surface area contributed by atoms with Gasteiger partial charge in [-0.3, -0.25) is 0 Å². The maximum atomic E-state index is 9.32. The monoisotopic (exact) mass is 244 g/mol. The van der Waals surface area contributed by atoms with E-state index >= 15 is 0 Å². The molecule has 1 aliphatic rings. The van der Waals surface area contributed by atoms with E-state index in [0.717, 1.165) is 18.8 Å². The Hall–Kier alpha value is -2.04. The summed E-state index contributed by atoms with van der Waals surface area (Å²) in [7, 11) is 0. The average Bonchev–Trinajstić information content (AvgIpc) is 2.71.